The van der Waals surface area contributed by atoms with E-state index >= 15 is 0 Å². The van der Waals surface area contributed by atoms with Crippen LogP contribution in [-0.2, 0) is 4.79 Å². The number of hydrogen-bond donors (Lipinski definition) is 2. The highest BCUT2D eigenvalue weighted by atomic mass is 16.1. The first-order valence-electron chi connectivity index (χ1n) is 11.0. The van der Waals surface area contributed by atoms with Crippen molar-refractivity contribution < 1.29 is 4.79 Å². The first-order valence-corrected chi connectivity index (χ1v) is 11.0. The summed E-state index contributed by atoms with van der Waals surface area (Å²) >= 11 is 0. The van der Waals surface area contributed by atoms with Crippen LogP contribution in [-0.4, -0.2) is 18.0 Å². The van der Waals surface area contributed by atoms with Crippen LogP contribution in [0, 0.1) is 11.3 Å². The van der Waals surface area contributed by atoms with Crippen molar-refractivity contribution in [2.24, 2.45) is 0 Å². The van der Waals surface area contributed by atoms with Gasteiger partial charge in [0.2, 0.25) is 0 Å². The lowest BCUT2D eigenvalue weighted by Crippen LogP contribution is -2.36. The molecule has 2 N–H and O–H groups in total. The van der Waals surface area contributed by atoms with Crippen LogP contribution in [0.3, 0.4) is 0 Å². The molecule has 0 bridgehead atoms. The zero-order valence-corrected chi connectivity index (χ0v) is 16.4. The molecule has 2 aliphatic rings. The monoisotopic (exact) mass is 359 g/mol. The predicted octanol–water partition coefficient (Wildman–Crippen LogP) is 5.11. The van der Waals surface area contributed by atoms with Crippen molar-refractivity contribution in [3.63, 3.8) is 0 Å². The number of nitrogens with zero attached hydrogens (tertiary/aromatic N) is 1. The molecule has 4 heteroatoms. The van der Waals surface area contributed by atoms with Gasteiger partial charge in [0.05, 0.1) is 0 Å². The molecule has 0 radical (unpaired) electrons. The lowest BCUT2D eigenvalue weighted by atomic mass is 9.95. The highest BCUT2D eigenvalue weighted by Crippen LogP contribution is 2.18. The van der Waals surface area contributed by atoms with Gasteiger partial charge in [-0.25, -0.2) is 0 Å². The summed E-state index contributed by atoms with van der Waals surface area (Å²) in [6, 6.07) is 2.72. The second-order valence-electron chi connectivity index (χ2n) is 8.10. The predicted molar refractivity (Wildman–Crippen MR) is 106 cm³/mol. The Morgan fingerprint density at radius 3 is 1.65 bits per heavy atom. The van der Waals surface area contributed by atoms with Gasteiger partial charge in [-0.1, -0.05) is 77.0 Å². The van der Waals surface area contributed by atoms with E-state index in [-0.39, 0.29) is 17.5 Å². The zero-order chi connectivity index (χ0) is 18.5. The largest absolute Gasteiger partial charge is 0.387 e. The molecule has 2 saturated carbocycles. The van der Waals surface area contributed by atoms with E-state index in [0.717, 1.165) is 25.7 Å². The minimum Gasteiger partial charge on any atom is -0.387 e. The van der Waals surface area contributed by atoms with Gasteiger partial charge in [0.15, 0.2) is 0 Å². The first-order chi connectivity index (χ1) is 12.8. The maximum atomic E-state index is 12.5. The van der Waals surface area contributed by atoms with Gasteiger partial charge >= 0.3 is 0 Å². The van der Waals surface area contributed by atoms with Crippen LogP contribution in [0.5, 0.6) is 0 Å². The molecule has 2 rings (SSSR count). The van der Waals surface area contributed by atoms with Crippen molar-refractivity contribution in [3.8, 4) is 6.07 Å². The second kappa shape index (κ2) is 12.8. The summed E-state index contributed by atoms with van der Waals surface area (Å²) < 4.78 is 0. The van der Waals surface area contributed by atoms with Gasteiger partial charge in [0.25, 0.3) is 5.91 Å². The van der Waals surface area contributed by atoms with Gasteiger partial charge in [0, 0.05) is 18.3 Å². The summed E-state index contributed by atoms with van der Waals surface area (Å²) in [5.41, 5.74) is 0.224. The zero-order valence-electron chi connectivity index (χ0n) is 16.4. The molecular formula is C22H37N3O. The average Bonchev–Trinajstić information content (AvgIpc) is 2.65. The van der Waals surface area contributed by atoms with Gasteiger partial charge in [0.1, 0.15) is 11.6 Å². The molecule has 0 aliphatic heterocycles. The lowest BCUT2D eigenvalue weighted by Gasteiger charge is -2.22. The molecule has 0 aromatic carbocycles. The van der Waals surface area contributed by atoms with Gasteiger partial charge in [-0.3, -0.25) is 4.79 Å². The molecule has 2 aliphatic carbocycles. The summed E-state index contributed by atoms with van der Waals surface area (Å²) in [5, 5.41) is 15.8. The van der Waals surface area contributed by atoms with Crippen molar-refractivity contribution in [1.29, 1.82) is 5.26 Å². The fourth-order valence-electron chi connectivity index (χ4n) is 4.19. The summed E-state index contributed by atoms with van der Waals surface area (Å²) in [4.78, 5) is 12.5. The molecule has 4 nitrogen and oxygen atoms in total. The standard InChI is InChI=1S/C22H37N3O/c23-17-19(18-24-20-13-11-8-12-14-20)22(26)25-21-15-9-6-4-2-1-3-5-7-10-16-21/h18,20-21,24H,1-16H2,(H,25,26)/b19-18-. The Hall–Kier alpha value is -1.50. The number of nitrogens with one attached hydrogen (secondary N) is 2. The SMILES string of the molecule is N#C/C(=C/NC1CCCCC1)C(=O)NC1CCCCCCCCCCC1. The van der Waals surface area contributed by atoms with Crippen molar-refractivity contribution in [2.45, 2.75) is 115 Å². The van der Waals surface area contributed by atoms with E-state index in [1.807, 2.05) is 0 Å². The normalized spacial score (nSPS) is 22.5. The number of amides is 1. The van der Waals surface area contributed by atoms with E-state index in [1.165, 1.54) is 77.0 Å². The van der Waals surface area contributed by atoms with Crippen molar-refractivity contribution >= 4 is 5.91 Å². The summed E-state index contributed by atoms with van der Waals surface area (Å²) in [6.07, 6.45) is 21.4. The van der Waals surface area contributed by atoms with Crippen LogP contribution >= 0.6 is 0 Å². The van der Waals surface area contributed by atoms with Gasteiger partial charge in [-0.2, -0.15) is 5.26 Å². The van der Waals surface area contributed by atoms with Gasteiger partial charge in [-0.05, 0) is 25.7 Å². The van der Waals surface area contributed by atoms with Crippen molar-refractivity contribution in [2.75, 3.05) is 0 Å². The summed E-state index contributed by atoms with van der Waals surface area (Å²) in [5.74, 6) is -0.201. The van der Waals surface area contributed by atoms with E-state index in [2.05, 4.69) is 16.7 Å². The Bertz CT molecular complexity index is 462. The maximum absolute atomic E-state index is 12.5. The number of carbonyl (C=O) groups is 1. The van der Waals surface area contributed by atoms with Crippen LogP contribution in [0.4, 0.5) is 0 Å². The highest BCUT2D eigenvalue weighted by Gasteiger charge is 2.17. The van der Waals surface area contributed by atoms with E-state index in [1.54, 1.807) is 6.20 Å². The van der Waals surface area contributed by atoms with E-state index in [9.17, 15) is 10.1 Å². The molecule has 0 saturated heterocycles. The third kappa shape index (κ3) is 8.25. The molecule has 26 heavy (non-hydrogen) atoms. The molecule has 0 atom stereocenters. The molecule has 0 unspecified atom stereocenters. The third-order valence-corrected chi connectivity index (χ3v) is 5.87. The highest BCUT2D eigenvalue weighted by molar-refractivity contribution is 5.97. The molecule has 146 valence electrons. The molecular weight excluding hydrogens is 322 g/mol. The van der Waals surface area contributed by atoms with E-state index in [4.69, 9.17) is 0 Å². The maximum Gasteiger partial charge on any atom is 0.263 e. The Kier molecular flexibility index (Phi) is 10.2. The Labute approximate surface area is 159 Å². The average molecular weight is 360 g/mol. The topological polar surface area (TPSA) is 64.9 Å². The Morgan fingerprint density at radius 2 is 1.15 bits per heavy atom. The van der Waals surface area contributed by atoms with Crippen LogP contribution in [0.15, 0.2) is 11.8 Å². The molecule has 0 spiro atoms. The summed E-state index contributed by atoms with van der Waals surface area (Å²) in [6.45, 7) is 0. The van der Waals surface area contributed by atoms with E-state index < -0.39 is 0 Å². The number of rotatable bonds is 4. The molecule has 2 fully saturated rings. The van der Waals surface area contributed by atoms with Crippen molar-refractivity contribution in [3.05, 3.63) is 11.8 Å². The van der Waals surface area contributed by atoms with Crippen LogP contribution < -0.4 is 10.6 Å². The Balaban J connectivity index is 1.83. The molecule has 1 amide bonds. The van der Waals surface area contributed by atoms with Crippen LogP contribution in [0.2, 0.25) is 0 Å². The van der Waals surface area contributed by atoms with E-state index in [0.29, 0.717) is 6.04 Å². The lowest BCUT2D eigenvalue weighted by molar-refractivity contribution is -0.117. The third-order valence-electron chi connectivity index (χ3n) is 5.87. The quantitative estimate of drug-likeness (QED) is 0.542. The first kappa shape index (κ1) is 20.8. The summed E-state index contributed by atoms with van der Waals surface area (Å²) in [7, 11) is 0. The fourth-order valence-corrected chi connectivity index (χ4v) is 4.19. The number of carbonyl (C=O) groups excluding carboxylic acids is 1. The molecule has 0 aromatic rings. The minimum atomic E-state index is -0.201. The molecule has 0 heterocycles. The van der Waals surface area contributed by atoms with Crippen molar-refractivity contribution in [1.82, 2.24) is 10.6 Å². The number of hydrogen-bond acceptors (Lipinski definition) is 3. The van der Waals surface area contributed by atoms with Crippen LogP contribution in [0.25, 0.3) is 0 Å². The van der Waals surface area contributed by atoms with Gasteiger partial charge < -0.3 is 10.6 Å². The second-order valence-corrected chi connectivity index (χ2v) is 8.10. The Morgan fingerprint density at radius 1 is 0.731 bits per heavy atom. The number of nitriles is 1. The molecule has 0 aromatic heterocycles. The minimum absolute atomic E-state index is 0.201. The fraction of sp³-hybridized carbons (Fsp3) is 0.818. The van der Waals surface area contributed by atoms with Crippen LogP contribution in [0.1, 0.15) is 103 Å². The van der Waals surface area contributed by atoms with Gasteiger partial charge in [-0.15, -0.1) is 0 Å². The smallest absolute Gasteiger partial charge is 0.263 e.